The van der Waals surface area contributed by atoms with Crippen LogP contribution in [0.25, 0.3) is 21.8 Å². The Balaban J connectivity index is 0.000000197. The zero-order valence-electron chi connectivity index (χ0n) is 47.1. The number of fused-ring (bicyclic) bond motifs is 6. The van der Waals surface area contributed by atoms with Crippen molar-refractivity contribution < 1.29 is 33.8 Å². The summed E-state index contributed by atoms with van der Waals surface area (Å²) >= 11 is 0. The Hall–Kier alpha value is -5.04. The van der Waals surface area contributed by atoms with Crippen molar-refractivity contribution in [3.05, 3.63) is 70.0 Å². The molecule has 73 heavy (non-hydrogen) atoms. The van der Waals surface area contributed by atoms with Crippen molar-refractivity contribution in [1.29, 1.82) is 0 Å². The highest BCUT2D eigenvalue weighted by atomic mass is 16.6. The summed E-state index contributed by atoms with van der Waals surface area (Å²) in [5, 5.41) is 15.3. The molecule has 13 heteroatoms. The maximum Gasteiger partial charge on any atom is 0.410 e. The molecule has 2 saturated carbocycles. The average molecular weight is 1010 g/mol. The van der Waals surface area contributed by atoms with Crippen LogP contribution in [0.4, 0.5) is 9.59 Å². The van der Waals surface area contributed by atoms with Crippen molar-refractivity contribution in [2.45, 2.75) is 183 Å². The van der Waals surface area contributed by atoms with Crippen molar-refractivity contribution in [1.82, 2.24) is 30.0 Å². The number of nitrogens with zero attached hydrogens (tertiary/aromatic N) is 3. The first-order chi connectivity index (χ1) is 34.3. The number of carboxylic acids is 1. The van der Waals surface area contributed by atoms with Crippen molar-refractivity contribution in [2.24, 2.45) is 35.5 Å². The van der Waals surface area contributed by atoms with Crippen LogP contribution < -0.4 is 5.32 Å². The highest BCUT2D eigenvalue weighted by molar-refractivity contribution is 5.89. The van der Waals surface area contributed by atoms with E-state index < -0.39 is 17.2 Å². The molecule has 4 aromatic rings. The topological polar surface area (TPSA) is 160 Å². The molecule has 8 rings (SSSR count). The van der Waals surface area contributed by atoms with Crippen LogP contribution in [0.3, 0.4) is 0 Å². The summed E-state index contributed by atoms with van der Waals surface area (Å²) in [5.74, 6) is 1.53. The largest absolute Gasteiger partial charge is 0.481 e. The first-order valence-corrected chi connectivity index (χ1v) is 27.6. The molecule has 2 aliphatic carbocycles. The first-order valence-electron chi connectivity index (χ1n) is 27.6. The summed E-state index contributed by atoms with van der Waals surface area (Å²) in [6.07, 6.45) is 10.6. The van der Waals surface area contributed by atoms with Crippen LogP contribution >= 0.6 is 0 Å². The standard InChI is InChI=1S/C30H45N3O3.C16H22N2.C14H25NO4/c1-19(2)17-25-27-24(23-10-8-9-20(3)26(23)31-27)15-16-33(25)28(34)22-13-11-21(12-14-22)18-32(7)29(35)36-30(4,5)6;1-10(2)9-14-16-13(7-8-17-14)12-6-4-5-11(3)15(12)18-16;1-14(2,3)19-13(18)15(4)9-10-5-7-11(8-6-10)12(16)17/h8-10,19,21-22,25,31H,11-18H2,1-7H3;4-6,10,14,17-18H,7-9H2,1-3H3;10-11H,5-9H2,1-4H3,(H,16,17). The molecule has 2 fully saturated rings. The number of H-pyrrole nitrogens is 2. The fraction of sp³-hybridized carbons (Fsp3) is 0.667. The molecule has 404 valence electrons. The molecule has 2 unspecified atom stereocenters. The number of hydrogen-bond donors (Lipinski definition) is 4. The van der Waals surface area contributed by atoms with Crippen LogP contribution in [0.1, 0.15) is 179 Å². The van der Waals surface area contributed by atoms with Gasteiger partial charge >= 0.3 is 18.2 Å². The average Bonchev–Trinajstić information content (AvgIpc) is 3.90. The van der Waals surface area contributed by atoms with Gasteiger partial charge in [-0.05, 0) is 185 Å². The molecule has 0 saturated heterocycles. The van der Waals surface area contributed by atoms with Crippen molar-refractivity contribution in [3.63, 3.8) is 0 Å². The van der Waals surface area contributed by atoms with E-state index in [9.17, 15) is 19.2 Å². The van der Waals surface area contributed by atoms with Gasteiger partial charge in [0.2, 0.25) is 5.91 Å². The predicted octanol–water partition coefficient (Wildman–Crippen LogP) is 13.1. The number of rotatable bonds is 10. The van der Waals surface area contributed by atoms with Gasteiger partial charge in [0, 0.05) is 78.9 Å². The molecule has 0 spiro atoms. The Morgan fingerprint density at radius 1 is 0.658 bits per heavy atom. The highest BCUT2D eigenvalue weighted by Crippen LogP contribution is 2.41. The van der Waals surface area contributed by atoms with Gasteiger partial charge in [-0.25, -0.2) is 9.59 Å². The monoisotopic (exact) mass is 1010 g/mol. The highest BCUT2D eigenvalue weighted by Gasteiger charge is 2.38. The third kappa shape index (κ3) is 15.3. The van der Waals surface area contributed by atoms with Crippen molar-refractivity contribution in [2.75, 3.05) is 40.3 Å². The maximum atomic E-state index is 13.9. The number of carboxylic acid groups (broad SMARTS) is 1. The van der Waals surface area contributed by atoms with Gasteiger partial charge < -0.3 is 44.6 Å². The second-order valence-corrected chi connectivity index (χ2v) is 24.8. The van der Waals surface area contributed by atoms with E-state index in [0.717, 1.165) is 76.8 Å². The fourth-order valence-electron chi connectivity index (χ4n) is 11.7. The van der Waals surface area contributed by atoms with Gasteiger partial charge in [-0.3, -0.25) is 9.59 Å². The van der Waals surface area contributed by atoms with Gasteiger partial charge in [0.25, 0.3) is 0 Å². The summed E-state index contributed by atoms with van der Waals surface area (Å²) < 4.78 is 10.8. The van der Waals surface area contributed by atoms with Crippen LogP contribution in [-0.2, 0) is 31.9 Å². The Kier molecular flexibility index (Phi) is 19.2. The van der Waals surface area contributed by atoms with Crippen LogP contribution in [0, 0.1) is 49.4 Å². The molecule has 4 heterocycles. The molecular weight excluding hydrogens is 917 g/mol. The van der Waals surface area contributed by atoms with E-state index in [1.165, 1.54) is 61.9 Å². The zero-order chi connectivity index (χ0) is 53.5. The number of amides is 3. The minimum absolute atomic E-state index is 0.0791. The molecule has 0 radical (unpaired) electrons. The molecule has 3 amide bonds. The number of hydrogen-bond acceptors (Lipinski definition) is 7. The first kappa shape index (κ1) is 57.2. The molecule has 2 atom stereocenters. The summed E-state index contributed by atoms with van der Waals surface area (Å²) in [5.41, 5.74) is 9.82. The van der Waals surface area contributed by atoms with Gasteiger partial charge in [0.15, 0.2) is 0 Å². The molecular formula is C60H92N6O7. The summed E-state index contributed by atoms with van der Waals surface area (Å²) in [4.78, 5) is 61.8. The second kappa shape index (κ2) is 24.5. The van der Waals surface area contributed by atoms with Crippen LogP contribution in [0.15, 0.2) is 36.4 Å². The number of ether oxygens (including phenoxy) is 2. The van der Waals surface area contributed by atoms with Gasteiger partial charge in [0.05, 0.1) is 12.0 Å². The lowest BCUT2D eigenvalue weighted by molar-refractivity contribution is -0.143. The quantitative estimate of drug-likeness (QED) is 0.122. The number of para-hydroxylation sites is 2. The van der Waals surface area contributed by atoms with Crippen LogP contribution in [0.2, 0.25) is 0 Å². The number of carbonyl (C=O) groups is 4. The number of aryl methyl sites for hydroxylation is 2. The zero-order valence-corrected chi connectivity index (χ0v) is 47.1. The number of aromatic amines is 2. The van der Waals surface area contributed by atoms with Crippen LogP contribution in [-0.4, -0.2) is 105 Å². The third-order valence-electron chi connectivity index (χ3n) is 15.3. The molecule has 0 bridgehead atoms. The summed E-state index contributed by atoms with van der Waals surface area (Å²) in [7, 11) is 3.55. The number of carbonyl (C=O) groups excluding carboxylic acids is 3. The van der Waals surface area contributed by atoms with E-state index in [4.69, 9.17) is 14.6 Å². The van der Waals surface area contributed by atoms with Crippen molar-refractivity contribution in [3.8, 4) is 0 Å². The number of aliphatic carboxylic acids is 1. The van der Waals surface area contributed by atoms with Gasteiger partial charge in [-0.2, -0.15) is 0 Å². The van der Waals surface area contributed by atoms with Gasteiger partial charge in [-0.1, -0.05) is 64.1 Å². The molecule has 4 N–H and O–H groups in total. The molecule has 2 aromatic heterocycles. The maximum absolute atomic E-state index is 13.9. The number of aromatic nitrogens is 2. The predicted molar refractivity (Wildman–Crippen MR) is 294 cm³/mol. The minimum Gasteiger partial charge on any atom is -0.481 e. The SMILES string of the molecule is CN(CC1CCC(C(=O)O)CC1)C(=O)OC(C)(C)C.Cc1cccc2c3c([nH]c12)C(CC(C)C)N(C(=O)C1CCC(CN(C)C(=O)OC(C)(C)C)CC1)CC3.Cc1cccc2c3c([nH]c12)C(CC(C)C)NCC3. The van der Waals surface area contributed by atoms with E-state index in [0.29, 0.717) is 55.6 Å². The van der Waals surface area contributed by atoms with Gasteiger partial charge in [-0.15, -0.1) is 0 Å². The minimum atomic E-state index is -0.695. The third-order valence-corrected chi connectivity index (χ3v) is 15.3. The molecule has 2 aliphatic heterocycles. The Labute approximate surface area is 437 Å². The lowest BCUT2D eigenvalue weighted by Crippen LogP contribution is -2.45. The van der Waals surface area contributed by atoms with Gasteiger partial charge in [0.1, 0.15) is 11.2 Å². The number of benzene rings is 2. The smallest absolute Gasteiger partial charge is 0.410 e. The second-order valence-electron chi connectivity index (χ2n) is 24.8. The fourth-order valence-corrected chi connectivity index (χ4v) is 11.7. The van der Waals surface area contributed by atoms with E-state index in [1.807, 2.05) is 48.6 Å². The van der Waals surface area contributed by atoms with E-state index in [2.05, 4.69) is 98.1 Å². The normalized spacial score (nSPS) is 22.1. The summed E-state index contributed by atoms with van der Waals surface area (Å²) in [6, 6.07) is 13.8. The Bertz CT molecular complexity index is 2490. The van der Waals surface area contributed by atoms with Crippen LogP contribution in [0.5, 0.6) is 0 Å². The van der Waals surface area contributed by atoms with E-state index in [-0.39, 0.29) is 30.1 Å². The molecule has 2 aromatic carbocycles. The Morgan fingerprint density at radius 2 is 1.11 bits per heavy atom. The summed E-state index contributed by atoms with van der Waals surface area (Å²) in [6.45, 7) is 27.9. The molecule has 13 nitrogen and oxygen atoms in total. The van der Waals surface area contributed by atoms with Crippen molar-refractivity contribution >= 4 is 45.9 Å². The lowest BCUT2D eigenvalue weighted by Gasteiger charge is -2.40. The number of nitrogens with one attached hydrogen (secondary N) is 3. The Morgan fingerprint density at radius 3 is 1.56 bits per heavy atom. The molecule has 4 aliphatic rings. The van der Waals surface area contributed by atoms with E-state index >= 15 is 0 Å². The lowest BCUT2D eigenvalue weighted by atomic mass is 9.80. The van der Waals surface area contributed by atoms with E-state index in [1.54, 1.807) is 16.8 Å².